The second-order valence-electron chi connectivity index (χ2n) is 4.57. The fourth-order valence-corrected chi connectivity index (χ4v) is 2.92. The maximum atomic E-state index is 11.3. The molecule has 1 fully saturated rings. The predicted octanol–water partition coefficient (Wildman–Crippen LogP) is 1.42. The number of nitrogens with zero attached hydrogens (tertiary/aromatic N) is 2. The monoisotopic (exact) mass is 190 g/mol. The van der Waals surface area contributed by atoms with Gasteiger partial charge in [-0.1, -0.05) is 12.2 Å². The lowest BCUT2D eigenvalue weighted by atomic mass is 9.88. The third-order valence-corrected chi connectivity index (χ3v) is 3.68. The van der Waals surface area contributed by atoms with Crippen molar-refractivity contribution in [2.45, 2.75) is 19.3 Å². The van der Waals surface area contributed by atoms with E-state index in [2.05, 4.69) is 17.3 Å². The molecule has 3 rings (SSSR count). The van der Waals surface area contributed by atoms with Gasteiger partial charge in [0.2, 0.25) is 5.91 Å². The number of hydrazone groups is 1. The van der Waals surface area contributed by atoms with Gasteiger partial charge in [0.25, 0.3) is 0 Å². The molecule has 74 valence electrons. The molecule has 3 aliphatic rings. The van der Waals surface area contributed by atoms with Gasteiger partial charge in [0.05, 0.1) is 12.1 Å². The summed E-state index contributed by atoms with van der Waals surface area (Å²) in [7, 11) is 1.75. The molecule has 0 radical (unpaired) electrons. The summed E-state index contributed by atoms with van der Waals surface area (Å²) in [5, 5.41) is 5.83. The van der Waals surface area contributed by atoms with E-state index in [1.54, 1.807) is 7.05 Å². The topological polar surface area (TPSA) is 32.7 Å². The highest BCUT2D eigenvalue weighted by atomic mass is 16.2. The summed E-state index contributed by atoms with van der Waals surface area (Å²) >= 11 is 0. The van der Waals surface area contributed by atoms with E-state index in [1.807, 2.05) is 0 Å². The highest BCUT2D eigenvalue weighted by Crippen LogP contribution is 2.45. The molecule has 0 spiro atoms. The predicted molar refractivity (Wildman–Crippen MR) is 53.7 cm³/mol. The lowest BCUT2D eigenvalue weighted by Crippen LogP contribution is -2.18. The van der Waals surface area contributed by atoms with Crippen LogP contribution in [0, 0.1) is 17.8 Å². The standard InChI is InChI=1S/C11H14N2O/c1-13-11(14)6-10(12-13)9-5-7-2-3-8(9)4-7/h2-3,7-9H,4-6H2,1H3. The van der Waals surface area contributed by atoms with E-state index in [-0.39, 0.29) is 5.91 Å². The largest absolute Gasteiger partial charge is 0.273 e. The second-order valence-corrected chi connectivity index (χ2v) is 4.57. The first-order valence-electron chi connectivity index (χ1n) is 5.26. The number of hydrogen-bond donors (Lipinski definition) is 0. The van der Waals surface area contributed by atoms with Gasteiger partial charge in [0, 0.05) is 13.0 Å². The zero-order valence-electron chi connectivity index (χ0n) is 8.31. The summed E-state index contributed by atoms with van der Waals surface area (Å²) in [6, 6.07) is 0. The molecule has 0 N–H and O–H groups in total. The van der Waals surface area contributed by atoms with Gasteiger partial charge in [-0.05, 0) is 24.7 Å². The highest BCUT2D eigenvalue weighted by molar-refractivity contribution is 6.06. The van der Waals surface area contributed by atoms with Crippen molar-refractivity contribution in [1.82, 2.24) is 5.01 Å². The van der Waals surface area contributed by atoms with Crippen LogP contribution < -0.4 is 0 Å². The third-order valence-electron chi connectivity index (χ3n) is 3.68. The van der Waals surface area contributed by atoms with Gasteiger partial charge in [0.15, 0.2) is 0 Å². The molecule has 0 aromatic rings. The van der Waals surface area contributed by atoms with Crippen LogP contribution in [0.25, 0.3) is 0 Å². The van der Waals surface area contributed by atoms with E-state index in [1.165, 1.54) is 17.9 Å². The number of amides is 1. The Morgan fingerprint density at radius 3 is 2.79 bits per heavy atom. The molecule has 1 saturated carbocycles. The minimum Gasteiger partial charge on any atom is -0.273 e. The first-order valence-corrected chi connectivity index (χ1v) is 5.26. The molecule has 3 atom stereocenters. The van der Waals surface area contributed by atoms with Crippen LogP contribution in [0.1, 0.15) is 19.3 Å². The fourth-order valence-electron chi connectivity index (χ4n) is 2.92. The molecule has 0 aromatic carbocycles. The van der Waals surface area contributed by atoms with Crippen molar-refractivity contribution < 1.29 is 4.79 Å². The van der Waals surface area contributed by atoms with E-state index in [0.29, 0.717) is 18.3 Å². The van der Waals surface area contributed by atoms with Crippen molar-refractivity contribution in [3.63, 3.8) is 0 Å². The van der Waals surface area contributed by atoms with Crippen LogP contribution in [0.15, 0.2) is 17.3 Å². The molecule has 1 amide bonds. The Morgan fingerprint density at radius 1 is 1.43 bits per heavy atom. The molecule has 3 heteroatoms. The van der Waals surface area contributed by atoms with Gasteiger partial charge >= 0.3 is 0 Å². The average Bonchev–Trinajstić information content (AvgIpc) is 2.82. The summed E-state index contributed by atoms with van der Waals surface area (Å²) in [6.45, 7) is 0. The maximum Gasteiger partial charge on any atom is 0.248 e. The number of fused-ring (bicyclic) bond motifs is 2. The Hall–Kier alpha value is -1.12. The van der Waals surface area contributed by atoms with Crippen molar-refractivity contribution in [2.75, 3.05) is 7.05 Å². The van der Waals surface area contributed by atoms with Crippen LogP contribution in [0.2, 0.25) is 0 Å². The Labute approximate surface area is 83.5 Å². The van der Waals surface area contributed by atoms with Crippen LogP contribution in [0.5, 0.6) is 0 Å². The smallest absolute Gasteiger partial charge is 0.248 e. The van der Waals surface area contributed by atoms with Gasteiger partial charge in [-0.15, -0.1) is 0 Å². The van der Waals surface area contributed by atoms with Crippen molar-refractivity contribution in [3.8, 4) is 0 Å². The lowest BCUT2D eigenvalue weighted by Gasteiger charge is -2.16. The van der Waals surface area contributed by atoms with Gasteiger partial charge < -0.3 is 0 Å². The van der Waals surface area contributed by atoms with Crippen molar-refractivity contribution in [2.24, 2.45) is 22.9 Å². The summed E-state index contributed by atoms with van der Waals surface area (Å²) in [4.78, 5) is 11.3. The van der Waals surface area contributed by atoms with E-state index in [4.69, 9.17) is 0 Å². The van der Waals surface area contributed by atoms with Crippen LogP contribution in [-0.2, 0) is 4.79 Å². The lowest BCUT2D eigenvalue weighted by molar-refractivity contribution is -0.127. The van der Waals surface area contributed by atoms with Gasteiger partial charge in [0.1, 0.15) is 0 Å². The Balaban J connectivity index is 1.82. The SMILES string of the molecule is CN1N=C(C2CC3C=CC2C3)CC1=O. The minimum absolute atomic E-state index is 0.145. The molecular weight excluding hydrogens is 176 g/mol. The maximum absolute atomic E-state index is 11.3. The highest BCUT2D eigenvalue weighted by Gasteiger charge is 2.40. The van der Waals surface area contributed by atoms with Crippen LogP contribution in [-0.4, -0.2) is 23.7 Å². The van der Waals surface area contributed by atoms with E-state index < -0.39 is 0 Å². The molecule has 0 aromatic heterocycles. The Morgan fingerprint density at radius 2 is 2.29 bits per heavy atom. The summed E-state index contributed by atoms with van der Waals surface area (Å²) in [5.41, 5.74) is 1.12. The van der Waals surface area contributed by atoms with Gasteiger partial charge in [-0.2, -0.15) is 5.10 Å². The summed E-state index contributed by atoms with van der Waals surface area (Å²) < 4.78 is 0. The average molecular weight is 190 g/mol. The fraction of sp³-hybridized carbons (Fsp3) is 0.636. The first-order chi connectivity index (χ1) is 6.74. The van der Waals surface area contributed by atoms with Crippen molar-refractivity contribution in [1.29, 1.82) is 0 Å². The number of allylic oxidation sites excluding steroid dienone is 2. The number of carbonyl (C=O) groups is 1. The summed E-state index contributed by atoms with van der Waals surface area (Å²) in [5.74, 6) is 2.12. The Bertz CT molecular complexity index is 345. The van der Waals surface area contributed by atoms with Gasteiger partial charge in [-0.25, -0.2) is 5.01 Å². The van der Waals surface area contributed by atoms with Crippen LogP contribution >= 0.6 is 0 Å². The quantitative estimate of drug-likeness (QED) is 0.575. The number of carbonyl (C=O) groups excluding carboxylic acids is 1. The first kappa shape index (κ1) is 8.21. The number of rotatable bonds is 1. The zero-order chi connectivity index (χ0) is 9.71. The molecule has 1 heterocycles. The van der Waals surface area contributed by atoms with E-state index >= 15 is 0 Å². The van der Waals surface area contributed by atoms with E-state index in [0.717, 1.165) is 11.6 Å². The molecular formula is C11H14N2O. The van der Waals surface area contributed by atoms with Crippen molar-refractivity contribution in [3.05, 3.63) is 12.2 Å². The molecule has 2 bridgehead atoms. The third kappa shape index (κ3) is 1.04. The molecule has 3 nitrogen and oxygen atoms in total. The molecule has 0 saturated heterocycles. The van der Waals surface area contributed by atoms with Crippen LogP contribution in [0.4, 0.5) is 0 Å². The molecule has 2 aliphatic carbocycles. The molecule has 1 aliphatic heterocycles. The molecule has 14 heavy (non-hydrogen) atoms. The van der Waals surface area contributed by atoms with Crippen molar-refractivity contribution >= 4 is 11.6 Å². The molecule has 3 unspecified atom stereocenters. The Kier molecular flexibility index (Phi) is 1.58. The summed E-state index contributed by atoms with van der Waals surface area (Å²) in [6.07, 6.45) is 7.67. The second kappa shape index (κ2) is 2.69. The van der Waals surface area contributed by atoms with Gasteiger partial charge in [-0.3, -0.25) is 4.79 Å². The van der Waals surface area contributed by atoms with E-state index in [9.17, 15) is 4.79 Å². The van der Waals surface area contributed by atoms with Crippen LogP contribution in [0.3, 0.4) is 0 Å². The minimum atomic E-state index is 0.145. The normalized spacial score (nSPS) is 39.8. The zero-order valence-corrected chi connectivity index (χ0v) is 8.31. The number of hydrogen-bond acceptors (Lipinski definition) is 2.